The number of aromatic nitrogens is 1. The van der Waals surface area contributed by atoms with E-state index in [2.05, 4.69) is 25.7 Å². The molecule has 0 spiro atoms. The Morgan fingerprint density at radius 2 is 2.38 bits per heavy atom. The largest absolute Gasteiger partial charge is 0.464 e. The van der Waals surface area contributed by atoms with Gasteiger partial charge < -0.3 is 4.74 Å². The molecule has 13 heavy (non-hydrogen) atoms. The van der Waals surface area contributed by atoms with Gasteiger partial charge in [0.15, 0.2) is 5.69 Å². The number of pyridine rings is 1. The molecule has 0 N–H and O–H groups in total. The summed E-state index contributed by atoms with van der Waals surface area (Å²) in [6.45, 7) is 1.84. The standard InChI is InChI=1S/C9H10BrNO2/c1-6-3-7(4-10)5-11-8(6)9(12)13-2/h3,5H,4H2,1-2H3. The minimum atomic E-state index is -0.390. The fraction of sp³-hybridized carbons (Fsp3) is 0.333. The highest BCUT2D eigenvalue weighted by Crippen LogP contribution is 2.11. The van der Waals surface area contributed by atoms with Gasteiger partial charge in [-0.1, -0.05) is 22.0 Å². The number of aryl methyl sites for hydroxylation is 1. The first-order chi connectivity index (χ1) is 6.19. The van der Waals surface area contributed by atoms with Crippen LogP contribution in [0, 0.1) is 6.92 Å². The molecule has 1 rings (SSSR count). The van der Waals surface area contributed by atoms with Gasteiger partial charge >= 0.3 is 5.97 Å². The summed E-state index contributed by atoms with van der Waals surface area (Å²) in [5.41, 5.74) is 2.26. The fourth-order valence-electron chi connectivity index (χ4n) is 1.02. The van der Waals surface area contributed by atoms with Crippen molar-refractivity contribution < 1.29 is 9.53 Å². The Morgan fingerprint density at radius 3 is 2.85 bits per heavy atom. The van der Waals surface area contributed by atoms with E-state index in [0.717, 1.165) is 16.5 Å². The topological polar surface area (TPSA) is 39.2 Å². The van der Waals surface area contributed by atoms with Crippen LogP contribution < -0.4 is 0 Å². The minimum absolute atomic E-state index is 0.382. The van der Waals surface area contributed by atoms with E-state index >= 15 is 0 Å². The van der Waals surface area contributed by atoms with Crippen LogP contribution in [0.5, 0.6) is 0 Å². The van der Waals surface area contributed by atoms with Gasteiger partial charge in [0.25, 0.3) is 0 Å². The van der Waals surface area contributed by atoms with Gasteiger partial charge in [-0.25, -0.2) is 9.78 Å². The number of halogens is 1. The van der Waals surface area contributed by atoms with Crippen molar-refractivity contribution in [2.24, 2.45) is 0 Å². The molecule has 1 aromatic rings. The third-order valence-electron chi connectivity index (χ3n) is 1.67. The molecule has 0 aliphatic rings. The van der Waals surface area contributed by atoms with Crippen molar-refractivity contribution in [2.45, 2.75) is 12.3 Å². The van der Waals surface area contributed by atoms with E-state index in [0.29, 0.717) is 5.69 Å². The molecular weight excluding hydrogens is 234 g/mol. The molecule has 0 fully saturated rings. The lowest BCUT2D eigenvalue weighted by molar-refractivity contribution is 0.0593. The Labute approximate surface area is 85.3 Å². The van der Waals surface area contributed by atoms with Crippen LogP contribution in [0.3, 0.4) is 0 Å². The van der Waals surface area contributed by atoms with E-state index in [4.69, 9.17) is 0 Å². The first kappa shape index (κ1) is 10.2. The second-order valence-electron chi connectivity index (χ2n) is 2.63. The summed E-state index contributed by atoms with van der Waals surface area (Å²) < 4.78 is 4.58. The Morgan fingerprint density at radius 1 is 1.69 bits per heavy atom. The maximum atomic E-state index is 11.1. The van der Waals surface area contributed by atoms with Crippen molar-refractivity contribution in [3.05, 3.63) is 29.1 Å². The summed E-state index contributed by atoms with van der Waals surface area (Å²) in [5, 5.41) is 0.738. The molecule has 0 amide bonds. The van der Waals surface area contributed by atoms with Crippen LogP contribution in [0.4, 0.5) is 0 Å². The monoisotopic (exact) mass is 243 g/mol. The predicted molar refractivity (Wildman–Crippen MR) is 52.9 cm³/mol. The Hall–Kier alpha value is -0.900. The number of alkyl halides is 1. The number of methoxy groups -OCH3 is 1. The molecule has 0 aliphatic carbocycles. The van der Waals surface area contributed by atoms with Crippen LogP contribution in [0.25, 0.3) is 0 Å². The van der Waals surface area contributed by atoms with Crippen molar-refractivity contribution in [1.82, 2.24) is 4.98 Å². The Balaban J connectivity index is 3.05. The normalized spacial score (nSPS) is 9.77. The Kier molecular flexibility index (Phi) is 3.42. The second-order valence-corrected chi connectivity index (χ2v) is 3.20. The van der Waals surface area contributed by atoms with Crippen LogP contribution in [-0.2, 0) is 10.1 Å². The van der Waals surface area contributed by atoms with Crippen molar-refractivity contribution in [3.63, 3.8) is 0 Å². The van der Waals surface area contributed by atoms with Crippen molar-refractivity contribution in [1.29, 1.82) is 0 Å². The minimum Gasteiger partial charge on any atom is -0.464 e. The SMILES string of the molecule is COC(=O)c1ncc(CBr)cc1C. The quantitative estimate of drug-likeness (QED) is 0.590. The molecule has 4 heteroatoms. The van der Waals surface area contributed by atoms with Gasteiger partial charge in [0.2, 0.25) is 0 Å². The summed E-state index contributed by atoms with van der Waals surface area (Å²) in [6, 6.07) is 1.91. The molecular formula is C9H10BrNO2. The van der Waals surface area contributed by atoms with Gasteiger partial charge in [0, 0.05) is 11.5 Å². The number of ether oxygens (including phenoxy) is 1. The lowest BCUT2D eigenvalue weighted by atomic mass is 10.2. The van der Waals surface area contributed by atoms with E-state index < -0.39 is 5.97 Å². The average Bonchev–Trinajstić information content (AvgIpc) is 2.16. The number of nitrogens with zero attached hydrogens (tertiary/aromatic N) is 1. The van der Waals surface area contributed by atoms with E-state index in [1.165, 1.54) is 7.11 Å². The highest BCUT2D eigenvalue weighted by molar-refractivity contribution is 9.08. The number of carbonyl (C=O) groups excluding carboxylic acids is 1. The summed E-state index contributed by atoms with van der Waals surface area (Å²) in [5.74, 6) is -0.390. The maximum absolute atomic E-state index is 11.1. The molecule has 0 saturated carbocycles. The highest BCUT2D eigenvalue weighted by Gasteiger charge is 2.10. The number of hydrogen-bond donors (Lipinski definition) is 0. The number of esters is 1. The first-order valence-electron chi connectivity index (χ1n) is 3.79. The van der Waals surface area contributed by atoms with Crippen LogP contribution in [0.15, 0.2) is 12.3 Å². The molecule has 70 valence electrons. The van der Waals surface area contributed by atoms with Crippen LogP contribution in [0.2, 0.25) is 0 Å². The van der Waals surface area contributed by atoms with Gasteiger partial charge in [-0.05, 0) is 18.1 Å². The molecule has 1 aromatic heterocycles. The van der Waals surface area contributed by atoms with Crippen LogP contribution in [0.1, 0.15) is 21.6 Å². The number of rotatable bonds is 2. The predicted octanol–water partition coefficient (Wildman–Crippen LogP) is 2.07. The van der Waals surface area contributed by atoms with E-state index in [1.807, 2.05) is 13.0 Å². The first-order valence-corrected chi connectivity index (χ1v) is 4.91. The molecule has 0 unspecified atom stereocenters. The van der Waals surface area contributed by atoms with Gasteiger partial charge in [0.05, 0.1) is 7.11 Å². The summed E-state index contributed by atoms with van der Waals surface area (Å²) in [4.78, 5) is 15.2. The summed E-state index contributed by atoms with van der Waals surface area (Å²) in [7, 11) is 1.35. The molecule has 0 aliphatic heterocycles. The summed E-state index contributed by atoms with van der Waals surface area (Å²) in [6.07, 6.45) is 1.66. The smallest absolute Gasteiger partial charge is 0.356 e. The van der Waals surface area contributed by atoms with E-state index in [-0.39, 0.29) is 0 Å². The van der Waals surface area contributed by atoms with Gasteiger partial charge in [-0.15, -0.1) is 0 Å². The summed E-state index contributed by atoms with van der Waals surface area (Å²) >= 11 is 3.31. The van der Waals surface area contributed by atoms with Gasteiger partial charge in [-0.3, -0.25) is 0 Å². The molecule has 0 radical (unpaired) electrons. The number of hydrogen-bond acceptors (Lipinski definition) is 3. The van der Waals surface area contributed by atoms with Crippen LogP contribution in [-0.4, -0.2) is 18.1 Å². The molecule has 3 nitrogen and oxygen atoms in total. The van der Waals surface area contributed by atoms with E-state index in [1.54, 1.807) is 6.20 Å². The van der Waals surface area contributed by atoms with Gasteiger partial charge in [-0.2, -0.15) is 0 Å². The lowest BCUT2D eigenvalue weighted by Crippen LogP contribution is -2.06. The molecule has 0 atom stereocenters. The van der Waals surface area contributed by atoms with Crippen LogP contribution >= 0.6 is 15.9 Å². The zero-order chi connectivity index (χ0) is 9.84. The van der Waals surface area contributed by atoms with Crippen molar-refractivity contribution in [2.75, 3.05) is 7.11 Å². The maximum Gasteiger partial charge on any atom is 0.356 e. The molecule has 1 heterocycles. The zero-order valence-corrected chi connectivity index (χ0v) is 9.09. The van der Waals surface area contributed by atoms with Crippen molar-refractivity contribution in [3.8, 4) is 0 Å². The molecule has 0 bridgehead atoms. The average molecular weight is 244 g/mol. The van der Waals surface area contributed by atoms with E-state index in [9.17, 15) is 4.79 Å². The third-order valence-corrected chi connectivity index (χ3v) is 2.32. The number of carbonyl (C=O) groups is 1. The molecule has 0 saturated heterocycles. The third kappa shape index (κ3) is 2.28. The zero-order valence-electron chi connectivity index (χ0n) is 7.50. The Bertz CT molecular complexity index is 325. The van der Waals surface area contributed by atoms with Crippen molar-refractivity contribution >= 4 is 21.9 Å². The molecule has 0 aromatic carbocycles. The highest BCUT2D eigenvalue weighted by atomic mass is 79.9. The second kappa shape index (κ2) is 4.37. The van der Waals surface area contributed by atoms with Gasteiger partial charge in [0.1, 0.15) is 0 Å². The fourth-order valence-corrected chi connectivity index (χ4v) is 1.32. The lowest BCUT2D eigenvalue weighted by Gasteiger charge is -2.03.